The Bertz CT molecular complexity index is 782. The van der Waals surface area contributed by atoms with Gasteiger partial charge < -0.3 is 9.15 Å². The number of ether oxygens (including phenoxy) is 1. The van der Waals surface area contributed by atoms with Crippen molar-refractivity contribution in [2.24, 2.45) is 5.84 Å². The van der Waals surface area contributed by atoms with Crippen LogP contribution in [0.2, 0.25) is 0 Å². The molecular formula is C15H13N3O3. The third kappa shape index (κ3) is 2.70. The molecule has 0 bridgehead atoms. The van der Waals surface area contributed by atoms with Gasteiger partial charge in [0.15, 0.2) is 5.76 Å². The standard InChI is InChI=1S/C15H13N3O3/c16-18-15(19)14-11(5-6-20-14)9-21-12-7-10-3-1-2-4-13(10)17-8-12/h1-8H,9,16H2,(H,18,19). The third-order valence-electron chi connectivity index (χ3n) is 3.04. The fourth-order valence-electron chi connectivity index (χ4n) is 2.00. The number of hydrazine groups is 1. The summed E-state index contributed by atoms with van der Waals surface area (Å²) < 4.78 is 10.7. The van der Waals surface area contributed by atoms with Gasteiger partial charge in [-0.05, 0) is 18.2 Å². The lowest BCUT2D eigenvalue weighted by atomic mass is 10.2. The molecule has 0 saturated carbocycles. The zero-order chi connectivity index (χ0) is 14.7. The highest BCUT2D eigenvalue weighted by atomic mass is 16.5. The Hall–Kier alpha value is -2.86. The SMILES string of the molecule is NNC(=O)c1occc1COc1cnc2ccccc2c1. The van der Waals surface area contributed by atoms with Gasteiger partial charge in [-0.3, -0.25) is 15.2 Å². The average molecular weight is 283 g/mol. The number of nitrogens with one attached hydrogen (secondary N) is 1. The van der Waals surface area contributed by atoms with Crippen molar-refractivity contribution in [3.8, 4) is 5.75 Å². The quantitative estimate of drug-likeness (QED) is 0.434. The second kappa shape index (κ2) is 5.64. The molecule has 2 heterocycles. The highest BCUT2D eigenvalue weighted by Gasteiger charge is 2.14. The van der Waals surface area contributed by atoms with Gasteiger partial charge in [-0.25, -0.2) is 5.84 Å². The summed E-state index contributed by atoms with van der Waals surface area (Å²) in [5.41, 5.74) is 3.55. The number of carbonyl (C=O) groups is 1. The number of nitrogens with two attached hydrogens (primary N) is 1. The van der Waals surface area contributed by atoms with Gasteiger partial charge in [0.2, 0.25) is 0 Å². The molecular weight excluding hydrogens is 270 g/mol. The summed E-state index contributed by atoms with van der Waals surface area (Å²) in [4.78, 5) is 15.8. The Morgan fingerprint density at radius 3 is 3.05 bits per heavy atom. The topological polar surface area (TPSA) is 90.4 Å². The van der Waals surface area contributed by atoms with E-state index in [-0.39, 0.29) is 12.4 Å². The number of carbonyl (C=O) groups excluding carboxylic acids is 1. The molecule has 2 aromatic heterocycles. The minimum atomic E-state index is -0.491. The number of para-hydroxylation sites is 1. The van der Waals surface area contributed by atoms with Crippen LogP contribution in [-0.4, -0.2) is 10.9 Å². The number of hydrogen-bond donors (Lipinski definition) is 2. The van der Waals surface area contributed by atoms with Crippen LogP contribution in [0, 0.1) is 0 Å². The first kappa shape index (κ1) is 13.1. The molecule has 3 aromatic rings. The molecule has 3 N–H and O–H groups in total. The number of amides is 1. The predicted octanol–water partition coefficient (Wildman–Crippen LogP) is 2.01. The number of fused-ring (bicyclic) bond motifs is 1. The molecule has 0 radical (unpaired) electrons. The average Bonchev–Trinajstić information content (AvgIpc) is 3.00. The first-order valence-electron chi connectivity index (χ1n) is 6.33. The van der Waals surface area contributed by atoms with Crippen LogP contribution in [0.5, 0.6) is 5.75 Å². The molecule has 0 aliphatic carbocycles. The van der Waals surface area contributed by atoms with Gasteiger partial charge in [0.1, 0.15) is 12.4 Å². The molecule has 0 saturated heterocycles. The van der Waals surface area contributed by atoms with Gasteiger partial charge in [0.25, 0.3) is 0 Å². The number of hydrogen-bond acceptors (Lipinski definition) is 5. The van der Waals surface area contributed by atoms with E-state index in [2.05, 4.69) is 4.98 Å². The van der Waals surface area contributed by atoms with Crippen molar-refractivity contribution in [1.82, 2.24) is 10.4 Å². The van der Waals surface area contributed by atoms with E-state index in [0.717, 1.165) is 10.9 Å². The molecule has 0 spiro atoms. The van der Waals surface area contributed by atoms with E-state index in [4.69, 9.17) is 15.0 Å². The molecule has 21 heavy (non-hydrogen) atoms. The monoisotopic (exact) mass is 283 g/mol. The highest BCUT2D eigenvalue weighted by Crippen LogP contribution is 2.20. The van der Waals surface area contributed by atoms with Crippen LogP contribution in [0.1, 0.15) is 16.1 Å². The molecule has 0 aliphatic rings. The number of nitrogens with zero attached hydrogens (tertiary/aromatic N) is 1. The van der Waals surface area contributed by atoms with Crippen molar-refractivity contribution in [3.05, 3.63) is 60.2 Å². The Balaban J connectivity index is 1.77. The van der Waals surface area contributed by atoms with Crippen molar-refractivity contribution in [2.75, 3.05) is 0 Å². The zero-order valence-electron chi connectivity index (χ0n) is 11.1. The zero-order valence-corrected chi connectivity index (χ0v) is 11.1. The Morgan fingerprint density at radius 2 is 2.19 bits per heavy atom. The molecule has 6 nitrogen and oxygen atoms in total. The maximum atomic E-state index is 11.5. The summed E-state index contributed by atoms with van der Waals surface area (Å²) in [5.74, 6) is 5.36. The minimum Gasteiger partial charge on any atom is -0.487 e. The second-order valence-corrected chi connectivity index (χ2v) is 4.40. The van der Waals surface area contributed by atoms with Gasteiger partial charge in [0.05, 0.1) is 18.0 Å². The van der Waals surface area contributed by atoms with Crippen LogP contribution < -0.4 is 16.0 Å². The largest absolute Gasteiger partial charge is 0.487 e. The first-order valence-corrected chi connectivity index (χ1v) is 6.33. The molecule has 0 fully saturated rings. The number of benzene rings is 1. The van der Waals surface area contributed by atoms with E-state index in [0.29, 0.717) is 11.3 Å². The van der Waals surface area contributed by atoms with Gasteiger partial charge >= 0.3 is 5.91 Å². The van der Waals surface area contributed by atoms with E-state index < -0.39 is 5.91 Å². The summed E-state index contributed by atoms with van der Waals surface area (Å²) in [5, 5.41) is 0.988. The molecule has 0 atom stereocenters. The van der Waals surface area contributed by atoms with E-state index in [9.17, 15) is 4.79 Å². The van der Waals surface area contributed by atoms with Crippen molar-refractivity contribution in [2.45, 2.75) is 6.61 Å². The van der Waals surface area contributed by atoms with Crippen LogP contribution in [0.4, 0.5) is 0 Å². The van der Waals surface area contributed by atoms with Crippen LogP contribution in [-0.2, 0) is 6.61 Å². The minimum absolute atomic E-state index is 0.145. The Labute approximate surface area is 120 Å². The van der Waals surface area contributed by atoms with Crippen LogP contribution in [0.15, 0.2) is 53.3 Å². The summed E-state index contributed by atoms with van der Waals surface area (Å²) in [6.45, 7) is 0.194. The van der Waals surface area contributed by atoms with Crippen molar-refractivity contribution >= 4 is 16.8 Å². The maximum absolute atomic E-state index is 11.5. The lowest BCUT2D eigenvalue weighted by molar-refractivity contribution is 0.0922. The van der Waals surface area contributed by atoms with Crippen molar-refractivity contribution in [1.29, 1.82) is 0 Å². The number of aromatic nitrogens is 1. The lowest BCUT2D eigenvalue weighted by Crippen LogP contribution is -2.30. The number of rotatable bonds is 4. The molecule has 0 unspecified atom stereocenters. The maximum Gasteiger partial charge on any atom is 0.301 e. The van der Waals surface area contributed by atoms with Crippen molar-refractivity contribution in [3.63, 3.8) is 0 Å². The Kier molecular flexibility index (Phi) is 3.53. The van der Waals surface area contributed by atoms with Crippen LogP contribution in [0.3, 0.4) is 0 Å². The van der Waals surface area contributed by atoms with Crippen LogP contribution in [0.25, 0.3) is 10.9 Å². The lowest BCUT2D eigenvalue weighted by Gasteiger charge is -2.06. The fraction of sp³-hybridized carbons (Fsp3) is 0.0667. The van der Waals surface area contributed by atoms with Crippen LogP contribution >= 0.6 is 0 Å². The molecule has 0 aliphatic heterocycles. The van der Waals surface area contributed by atoms with Crippen molar-refractivity contribution < 1.29 is 13.9 Å². The summed E-state index contributed by atoms with van der Waals surface area (Å²) >= 11 is 0. The normalized spacial score (nSPS) is 10.5. The van der Waals surface area contributed by atoms with E-state index in [1.165, 1.54) is 6.26 Å². The van der Waals surface area contributed by atoms with Gasteiger partial charge in [-0.1, -0.05) is 18.2 Å². The number of pyridine rings is 1. The fourth-order valence-corrected chi connectivity index (χ4v) is 2.00. The highest BCUT2D eigenvalue weighted by molar-refractivity contribution is 5.92. The summed E-state index contributed by atoms with van der Waals surface area (Å²) in [6.07, 6.45) is 3.06. The molecule has 1 aromatic carbocycles. The molecule has 1 amide bonds. The van der Waals surface area contributed by atoms with Gasteiger partial charge in [-0.15, -0.1) is 0 Å². The van der Waals surface area contributed by atoms with E-state index in [1.54, 1.807) is 12.3 Å². The second-order valence-electron chi connectivity index (χ2n) is 4.40. The number of furan rings is 1. The number of nitrogen functional groups attached to an aromatic ring is 1. The predicted molar refractivity (Wildman–Crippen MR) is 76.4 cm³/mol. The van der Waals surface area contributed by atoms with Gasteiger partial charge in [-0.2, -0.15) is 0 Å². The molecule has 6 heteroatoms. The van der Waals surface area contributed by atoms with E-state index in [1.807, 2.05) is 35.8 Å². The Morgan fingerprint density at radius 1 is 1.33 bits per heavy atom. The first-order chi connectivity index (χ1) is 10.3. The summed E-state index contributed by atoms with van der Waals surface area (Å²) in [6, 6.07) is 11.3. The smallest absolute Gasteiger partial charge is 0.301 e. The third-order valence-corrected chi connectivity index (χ3v) is 3.04. The molecule has 106 valence electrons. The van der Waals surface area contributed by atoms with E-state index >= 15 is 0 Å². The van der Waals surface area contributed by atoms with Gasteiger partial charge in [0, 0.05) is 10.9 Å². The molecule has 3 rings (SSSR count). The summed E-state index contributed by atoms with van der Waals surface area (Å²) in [7, 11) is 0.